The third-order valence-electron chi connectivity index (χ3n) is 6.01. The highest BCUT2D eigenvalue weighted by atomic mass is 16.7. The second-order valence-electron chi connectivity index (χ2n) is 7.88. The zero-order valence-corrected chi connectivity index (χ0v) is 16.9. The standard InChI is InChI=1S/C21H32O6/c1-13-12-26-21(24-5,10-18(13)22)15(3)19-14(2)11-25-20(27-19)16-6-8-17(23-4)9-7-16/h6-9,13-15,18-20,22H,10-12H2,1-5H3/t13-,14+,15-,18-,19+,20+,21-/m1/s1. The highest BCUT2D eigenvalue weighted by Crippen LogP contribution is 2.42. The van der Waals surface area contributed by atoms with Gasteiger partial charge in [0.25, 0.3) is 0 Å². The summed E-state index contributed by atoms with van der Waals surface area (Å²) in [5, 5.41) is 10.4. The van der Waals surface area contributed by atoms with Crippen molar-refractivity contribution in [2.75, 3.05) is 27.4 Å². The molecule has 2 fully saturated rings. The van der Waals surface area contributed by atoms with Crippen molar-refractivity contribution in [2.24, 2.45) is 17.8 Å². The van der Waals surface area contributed by atoms with Crippen LogP contribution in [0.3, 0.4) is 0 Å². The Morgan fingerprint density at radius 2 is 1.81 bits per heavy atom. The average Bonchev–Trinajstić information content (AvgIpc) is 2.70. The molecule has 7 atom stereocenters. The van der Waals surface area contributed by atoms with E-state index in [9.17, 15) is 5.11 Å². The van der Waals surface area contributed by atoms with Crippen molar-refractivity contribution in [3.05, 3.63) is 29.8 Å². The molecular formula is C21H32O6. The van der Waals surface area contributed by atoms with Gasteiger partial charge in [-0.15, -0.1) is 0 Å². The lowest BCUT2D eigenvalue weighted by Gasteiger charge is -2.49. The number of rotatable bonds is 5. The molecule has 1 aromatic carbocycles. The molecule has 6 nitrogen and oxygen atoms in total. The van der Waals surface area contributed by atoms with Crippen molar-refractivity contribution >= 4 is 0 Å². The molecular weight excluding hydrogens is 348 g/mol. The maximum atomic E-state index is 10.4. The van der Waals surface area contributed by atoms with Gasteiger partial charge in [0.15, 0.2) is 12.1 Å². The predicted octanol–water partition coefficient (Wildman–Crippen LogP) is 3.14. The topological polar surface area (TPSA) is 66.4 Å². The number of methoxy groups -OCH3 is 2. The quantitative estimate of drug-likeness (QED) is 0.847. The molecule has 0 saturated carbocycles. The Morgan fingerprint density at radius 3 is 2.41 bits per heavy atom. The normalized spacial score (nSPS) is 38.4. The molecule has 0 aromatic heterocycles. The second kappa shape index (κ2) is 8.45. The van der Waals surface area contributed by atoms with Crippen LogP contribution in [0.1, 0.15) is 39.0 Å². The minimum absolute atomic E-state index is 0.0655. The van der Waals surface area contributed by atoms with Crippen LogP contribution >= 0.6 is 0 Å². The molecule has 0 amide bonds. The summed E-state index contributed by atoms with van der Waals surface area (Å²) in [5.41, 5.74) is 0.949. The van der Waals surface area contributed by atoms with Gasteiger partial charge in [0.05, 0.1) is 32.5 Å². The van der Waals surface area contributed by atoms with E-state index >= 15 is 0 Å². The van der Waals surface area contributed by atoms with Crippen LogP contribution in [-0.4, -0.2) is 50.5 Å². The molecule has 2 aliphatic heterocycles. The SMILES string of the molecule is COc1ccc([C@H]2OC[C@H](C)[C@@H]([C@@H](C)[C@@]3(OC)C[C@@H](O)[C@H](C)CO3)O2)cc1. The number of aliphatic hydroxyl groups is 1. The molecule has 3 rings (SSSR count). The van der Waals surface area contributed by atoms with E-state index in [1.165, 1.54) is 0 Å². The zero-order valence-electron chi connectivity index (χ0n) is 16.9. The lowest BCUT2D eigenvalue weighted by molar-refractivity contribution is -0.333. The summed E-state index contributed by atoms with van der Waals surface area (Å²) in [4.78, 5) is 0. The third-order valence-corrected chi connectivity index (χ3v) is 6.01. The Hall–Kier alpha value is -1.18. The van der Waals surface area contributed by atoms with Crippen molar-refractivity contribution in [2.45, 2.75) is 51.5 Å². The lowest BCUT2D eigenvalue weighted by atomic mass is 9.80. The summed E-state index contributed by atoms with van der Waals surface area (Å²) in [7, 11) is 3.29. The largest absolute Gasteiger partial charge is 0.497 e. The van der Waals surface area contributed by atoms with Crippen molar-refractivity contribution in [3.8, 4) is 5.75 Å². The van der Waals surface area contributed by atoms with Crippen molar-refractivity contribution < 1.29 is 28.8 Å². The van der Waals surface area contributed by atoms with Crippen LogP contribution in [0.5, 0.6) is 5.75 Å². The van der Waals surface area contributed by atoms with Crippen molar-refractivity contribution in [1.82, 2.24) is 0 Å². The molecule has 2 heterocycles. The molecule has 0 spiro atoms. The Kier molecular flexibility index (Phi) is 6.43. The van der Waals surface area contributed by atoms with Crippen LogP contribution in [0.15, 0.2) is 24.3 Å². The number of hydrogen-bond donors (Lipinski definition) is 1. The first-order valence-electron chi connectivity index (χ1n) is 9.68. The fourth-order valence-electron chi connectivity index (χ4n) is 4.03. The Bertz CT molecular complexity index is 605. The van der Waals surface area contributed by atoms with Crippen LogP contribution < -0.4 is 4.74 Å². The van der Waals surface area contributed by atoms with E-state index in [0.717, 1.165) is 11.3 Å². The van der Waals surface area contributed by atoms with E-state index in [1.807, 2.05) is 31.2 Å². The molecule has 1 aromatic rings. The van der Waals surface area contributed by atoms with Gasteiger partial charge in [-0.05, 0) is 12.1 Å². The Balaban J connectivity index is 1.76. The number of hydrogen-bond acceptors (Lipinski definition) is 6. The van der Waals surface area contributed by atoms with Gasteiger partial charge in [-0.25, -0.2) is 0 Å². The first kappa shape index (κ1) is 20.6. The molecule has 6 heteroatoms. The molecule has 152 valence electrons. The maximum absolute atomic E-state index is 10.4. The maximum Gasteiger partial charge on any atom is 0.184 e. The minimum Gasteiger partial charge on any atom is -0.497 e. The van der Waals surface area contributed by atoms with Gasteiger partial charge in [-0.2, -0.15) is 0 Å². The smallest absolute Gasteiger partial charge is 0.184 e. The fourth-order valence-corrected chi connectivity index (χ4v) is 4.03. The van der Waals surface area contributed by atoms with E-state index in [1.54, 1.807) is 14.2 Å². The first-order chi connectivity index (χ1) is 12.9. The fraction of sp³-hybridized carbons (Fsp3) is 0.714. The van der Waals surface area contributed by atoms with E-state index in [-0.39, 0.29) is 23.9 Å². The van der Waals surface area contributed by atoms with Crippen LogP contribution in [0.4, 0.5) is 0 Å². The number of ether oxygens (including phenoxy) is 5. The summed E-state index contributed by atoms with van der Waals surface area (Å²) < 4.78 is 29.4. The van der Waals surface area contributed by atoms with Crippen LogP contribution in [0.25, 0.3) is 0 Å². The Morgan fingerprint density at radius 1 is 1.11 bits per heavy atom. The van der Waals surface area contributed by atoms with Gasteiger partial charge in [0, 0.05) is 36.8 Å². The monoisotopic (exact) mass is 380 g/mol. The summed E-state index contributed by atoms with van der Waals surface area (Å²) in [6, 6.07) is 7.71. The summed E-state index contributed by atoms with van der Waals surface area (Å²) in [5.74, 6) is 0.156. The van der Waals surface area contributed by atoms with Gasteiger partial charge in [-0.3, -0.25) is 0 Å². The van der Waals surface area contributed by atoms with Gasteiger partial charge >= 0.3 is 0 Å². The summed E-state index contributed by atoms with van der Waals surface area (Å²) >= 11 is 0. The first-order valence-corrected chi connectivity index (χ1v) is 9.68. The molecule has 0 bridgehead atoms. The van der Waals surface area contributed by atoms with Gasteiger partial charge < -0.3 is 28.8 Å². The Labute approximate surface area is 161 Å². The van der Waals surface area contributed by atoms with Gasteiger partial charge in [-0.1, -0.05) is 32.9 Å². The van der Waals surface area contributed by atoms with E-state index in [4.69, 9.17) is 23.7 Å². The predicted molar refractivity (Wildman–Crippen MR) is 100 cm³/mol. The van der Waals surface area contributed by atoms with Crippen molar-refractivity contribution in [3.63, 3.8) is 0 Å². The molecule has 0 radical (unpaired) electrons. The summed E-state index contributed by atoms with van der Waals surface area (Å²) in [6.45, 7) is 7.23. The lowest BCUT2D eigenvalue weighted by Crippen LogP contribution is -2.56. The minimum atomic E-state index is -0.855. The molecule has 2 aliphatic rings. The highest BCUT2D eigenvalue weighted by molar-refractivity contribution is 5.28. The highest BCUT2D eigenvalue weighted by Gasteiger charge is 2.50. The molecule has 1 N–H and O–H groups in total. The molecule has 2 saturated heterocycles. The van der Waals surface area contributed by atoms with E-state index < -0.39 is 18.2 Å². The summed E-state index contributed by atoms with van der Waals surface area (Å²) in [6.07, 6.45) is -0.576. The zero-order chi connectivity index (χ0) is 19.6. The molecule has 0 unspecified atom stereocenters. The molecule has 27 heavy (non-hydrogen) atoms. The third kappa shape index (κ3) is 4.15. The van der Waals surface area contributed by atoms with E-state index in [2.05, 4.69) is 13.8 Å². The van der Waals surface area contributed by atoms with Crippen LogP contribution in [0, 0.1) is 17.8 Å². The van der Waals surface area contributed by atoms with Gasteiger partial charge in [0.2, 0.25) is 0 Å². The van der Waals surface area contributed by atoms with Crippen LogP contribution in [0.2, 0.25) is 0 Å². The average molecular weight is 380 g/mol. The van der Waals surface area contributed by atoms with Crippen LogP contribution in [-0.2, 0) is 18.9 Å². The van der Waals surface area contributed by atoms with Gasteiger partial charge in [0.1, 0.15) is 5.75 Å². The van der Waals surface area contributed by atoms with Crippen molar-refractivity contribution in [1.29, 1.82) is 0 Å². The number of aliphatic hydroxyl groups excluding tert-OH is 1. The molecule has 0 aliphatic carbocycles. The second-order valence-corrected chi connectivity index (χ2v) is 7.88. The number of benzene rings is 1. The van der Waals surface area contributed by atoms with E-state index in [0.29, 0.717) is 19.6 Å².